The van der Waals surface area contributed by atoms with Crippen LogP contribution in [0.2, 0.25) is 0 Å². The normalized spacial score (nSPS) is 23.4. The van der Waals surface area contributed by atoms with E-state index in [1.807, 2.05) is 18.2 Å². The molecule has 1 aliphatic carbocycles. The van der Waals surface area contributed by atoms with E-state index in [2.05, 4.69) is 15.3 Å². The summed E-state index contributed by atoms with van der Waals surface area (Å²) in [5, 5.41) is 2.69. The number of fused-ring (bicyclic) bond motifs is 1. The van der Waals surface area contributed by atoms with Crippen LogP contribution < -0.4 is 11.1 Å². The number of aromatic nitrogens is 2. The van der Waals surface area contributed by atoms with Crippen LogP contribution in [0.25, 0.3) is 11.0 Å². The average Bonchev–Trinajstić information content (AvgIpc) is 2.85. The molecule has 100 valence electrons. The zero-order valence-corrected chi connectivity index (χ0v) is 10.7. The molecule has 4 N–H and O–H groups in total. The van der Waals surface area contributed by atoms with Gasteiger partial charge >= 0.3 is 0 Å². The third kappa shape index (κ3) is 2.33. The van der Waals surface area contributed by atoms with Crippen molar-refractivity contribution in [1.82, 2.24) is 9.97 Å². The number of nitrogens with two attached hydrogens (primary N) is 1. The molecule has 1 aromatic heterocycles. The zero-order chi connectivity index (χ0) is 13.2. The van der Waals surface area contributed by atoms with Gasteiger partial charge in [0.25, 0.3) is 0 Å². The third-order valence-corrected chi connectivity index (χ3v) is 3.90. The molecule has 0 saturated heterocycles. The molecule has 3 rings (SSSR count). The Morgan fingerprint density at radius 3 is 2.84 bits per heavy atom. The molecule has 0 unspecified atom stereocenters. The molecule has 5 nitrogen and oxygen atoms in total. The van der Waals surface area contributed by atoms with Crippen LogP contribution in [0.1, 0.15) is 37.4 Å². The number of carbonyl (C=O) groups excluding carboxylic acids is 1. The van der Waals surface area contributed by atoms with Gasteiger partial charge in [0.05, 0.1) is 11.2 Å². The molecule has 0 radical (unpaired) electrons. The Balaban J connectivity index is 1.93. The van der Waals surface area contributed by atoms with E-state index in [4.69, 9.17) is 5.73 Å². The number of para-hydroxylation sites is 1. The summed E-state index contributed by atoms with van der Waals surface area (Å²) in [7, 11) is 0. The van der Waals surface area contributed by atoms with Gasteiger partial charge in [-0.3, -0.25) is 4.79 Å². The standard InChI is InChI=1S/C14H18N4O/c15-10-6-4-9(5-7-10)14-17-12-3-1-2-11(16-8-19)13(12)18-14/h1-3,8-10H,4-7,15H2,(H,16,19)(H,17,18). The molecule has 1 aromatic carbocycles. The zero-order valence-electron chi connectivity index (χ0n) is 10.7. The summed E-state index contributed by atoms with van der Waals surface area (Å²) in [6.45, 7) is 0. The molecule has 1 fully saturated rings. The minimum absolute atomic E-state index is 0.341. The van der Waals surface area contributed by atoms with E-state index in [0.717, 1.165) is 48.2 Å². The Morgan fingerprint density at radius 1 is 1.32 bits per heavy atom. The van der Waals surface area contributed by atoms with Crippen LogP contribution in [0.5, 0.6) is 0 Å². The van der Waals surface area contributed by atoms with Crippen molar-refractivity contribution in [3.63, 3.8) is 0 Å². The first-order valence-electron chi connectivity index (χ1n) is 6.72. The first-order valence-corrected chi connectivity index (χ1v) is 6.72. The van der Waals surface area contributed by atoms with Gasteiger partial charge in [0.2, 0.25) is 6.41 Å². The van der Waals surface area contributed by atoms with E-state index in [1.54, 1.807) is 0 Å². The number of anilines is 1. The topological polar surface area (TPSA) is 83.8 Å². The number of imidazole rings is 1. The van der Waals surface area contributed by atoms with E-state index >= 15 is 0 Å². The number of hydrogen-bond acceptors (Lipinski definition) is 3. The minimum atomic E-state index is 0.341. The molecule has 1 saturated carbocycles. The van der Waals surface area contributed by atoms with E-state index in [-0.39, 0.29) is 0 Å². The average molecular weight is 258 g/mol. The summed E-state index contributed by atoms with van der Waals surface area (Å²) < 4.78 is 0. The van der Waals surface area contributed by atoms with Crippen molar-refractivity contribution in [2.45, 2.75) is 37.6 Å². The van der Waals surface area contributed by atoms with Gasteiger partial charge in [-0.2, -0.15) is 0 Å². The molecule has 1 heterocycles. The van der Waals surface area contributed by atoms with Crippen LogP contribution in [-0.2, 0) is 4.79 Å². The van der Waals surface area contributed by atoms with Crippen molar-refractivity contribution in [3.05, 3.63) is 24.0 Å². The molecular formula is C14H18N4O. The highest BCUT2D eigenvalue weighted by molar-refractivity contribution is 5.92. The lowest BCUT2D eigenvalue weighted by molar-refractivity contribution is -0.105. The summed E-state index contributed by atoms with van der Waals surface area (Å²) in [6.07, 6.45) is 4.96. The third-order valence-electron chi connectivity index (χ3n) is 3.90. The monoisotopic (exact) mass is 258 g/mol. The molecule has 5 heteroatoms. The second-order valence-corrected chi connectivity index (χ2v) is 5.20. The summed E-state index contributed by atoms with van der Waals surface area (Å²) in [4.78, 5) is 18.6. The highest BCUT2D eigenvalue weighted by Gasteiger charge is 2.22. The van der Waals surface area contributed by atoms with Crippen LogP contribution in [0, 0.1) is 0 Å². The van der Waals surface area contributed by atoms with Gasteiger partial charge < -0.3 is 16.0 Å². The van der Waals surface area contributed by atoms with Gasteiger partial charge in [0.1, 0.15) is 11.3 Å². The lowest BCUT2D eigenvalue weighted by atomic mass is 9.86. The number of nitrogens with zero attached hydrogens (tertiary/aromatic N) is 1. The number of H-pyrrole nitrogens is 1. The fraction of sp³-hybridized carbons (Fsp3) is 0.429. The Hall–Kier alpha value is -1.88. The summed E-state index contributed by atoms with van der Waals surface area (Å²) in [5.74, 6) is 1.47. The van der Waals surface area contributed by atoms with Crippen LogP contribution in [0.15, 0.2) is 18.2 Å². The predicted octanol–water partition coefficient (Wildman–Crippen LogP) is 2.12. The van der Waals surface area contributed by atoms with Gasteiger partial charge in [0.15, 0.2) is 0 Å². The molecule has 0 aliphatic heterocycles. The molecule has 1 aliphatic rings. The quantitative estimate of drug-likeness (QED) is 0.737. The van der Waals surface area contributed by atoms with Crippen LogP contribution in [-0.4, -0.2) is 22.4 Å². The lowest BCUT2D eigenvalue weighted by Crippen LogP contribution is -2.26. The van der Waals surface area contributed by atoms with Gasteiger partial charge in [0, 0.05) is 12.0 Å². The van der Waals surface area contributed by atoms with E-state index in [9.17, 15) is 4.79 Å². The Bertz CT molecular complexity index is 584. The van der Waals surface area contributed by atoms with Crippen LogP contribution >= 0.6 is 0 Å². The first-order chi connectivity index (χ1) is 9.28. The molecule has 2 aromatic rings. The SMILES string of the molecule is NC1CCC(c2nc3c(NC=O)cccc3[nH]2)CC1. The van der Waals surface area contributed by atoms with Crippen molar-refractivity contribution >= 4 is 23.1 Å². The summed E-state index contributed by atoms with van der Waals surface area (Å²) in [6, 6.07) is 6.09. The van der Waals surface area contributed by atoms with E-state index in [0.29, 0.717) is 18.4 Å². The second kappa shape index (κ2) is 5.01. The summed E-state index contributed by atoms with van der Waals surface area (Å²) in [5.41, 5.74) is 8.49. The number of aromatic amines is 1. The first kappa shape index (κ1) is 12.2. The fourth-order valence-electron chi connectivity index (χ4n) is 2.82. The van der Waals surface area contributed by atoms with Gasteiger partial charge in [-0.15, -0.1) is 0 Å². The van der Waals surface area contributed by atoms with Crippen molar-refractivity contribution in [3.8, 4) is 0 Å². The number of amides is 1. The van der Waals surface area contributed by atoms with Gasteiger partial charge in [-0.1, -0.05) is 6.07 Å². The molecule has 0 bridgehead atoms. The van der Waals surface area contributed by atoms with Crippen molar-refractivity contribution in [2.75, 3.05) is 5.32 Å². The lowest BCUT2D eigenvalue weighted by Gasteiger charge is -2.24. The van der Waals surface area contributed by atoms with E-state index < -0.39 is 0 Å². The largest absolute Gasteiger partial charge is 0.342 e. The number of carbonyl (C=O) groups is 1. The van der Waals surface area contributed by atoms with Crippen molar-refractivity contribution in [1.29, 1.82) is 0 Å². The molecule has 0 atom stereocenters. The van der Waals surface area contributed by atoms with Gasteiger partial charge in [-0.25, -0.2) is 4.98 Å². The maximum atomic E-state index is 10.6. The Kier molecular flexibility index (Phi) is 3.21. The van der Waals surface area contributed by atoms with Crippen LogP contribution in [0.4, 0.5) is 5.69 Å². The predicted molar refractivity (Wildman–Crippen MR) is 75.0 cm³/mol. The fourth-order valence-corrected chi connectivity index (χ4v) is 2.82. The highest BCUT2D eigenvalue weighted by Crippen LogP contribution is 2.32. The van der Waals surface area contributed by atoms with E-state index in [1.165, 1.54) is 0 Å². The van der Waals surface area contributed by atoms with Crippen molar-refractivity contribution < 1.29 is 4.79 Å². The molecule has 0 spiro atoms. The number of rotatable bonds is 3. The Morgan fingerprint density at radius 2 is 2.11 bits per heavy atom. The maximum absolute atomic E-state index is 10.6. The van der Waals surface area contributed by atoms with Gasteiger partial charge in [-0.05, 0) is 37.8 Å². The number of hydrogen-bond donors (Lipinski definition) is 3. The number of benzene rings is 1. The Labute approximate surface area is 111 Å². The smallest absolute Gasteiger partial charge is 0.211 e. The summed E-state index contributed by atoms with van der Waals surface area (Å²) >= 11 is 0. The van der Waals surface area contributed by atoms with Crippen molar-refractivity contribution in [2.24, 2.45) is 5.73 Å². The highest BCUT2D eigenvalue weighted by atomic mass is 16.1. The molecular weight excluding hydrogens is 240 g/mol. The maximum Gasteiger partial charge on any atom is 0.211 e. The second-order valence-electron chi connectivity index (χ2n) is 5.20. The number of nitrogens with one attached hydrogen (secondary N) is 2. The van der Waals surface area contributed by atoms with Crippen LogP contribution in [0.3, 0.4) is 0 Å². The minimum Gasteiger partial charge on any atom is -0.342 e. The molecule has 19 heavy (non-hydrogen) atoms. The molecule has 1 amide bonds.